The van der Waals surface area contributed by atoms with Crippen molar-refractivity contribution >= 4 is 36.3 Å². The lowest BCUT2D eigenvalue weighted by Gasteiger charge is -2.24. The quantitative estimate of drug-likeness (QED) is 0.139. The largest absolute Gasteiger partial charge is 0.508 e. The SMILES string of the molecule is NC(CO)C(=O)NC(CS)C(=O)NC(Cc1ccc(O)cc1)C(=O)NC(Cc1ccc(O)cc1)C(=O)O. The van der Waals surface area contributed by atoms with Crippen LogP contribution < -0.4 is 21.7 Å². The molecule has 0 aliphatic heterocycles. The Balaban J connectivity index is 2.22. The molecule has 0 radical (unpaired) electrons. The van der Waals surface area contributed by atoms with Crippen molar-refractivity contribution in [3.05, 3.63) is 59.7 Å². The summed E-state index contributed by atoms with van der Waals surface area (Å²) in [5.74, 6) is -3.84. The van der Waals surface area contributed by atoms with Gasteiger partial charge in [-0.3, -0.25) is 14.4 Å². The number of hydrogen-bond acceptors (Lipinski definition) is 9. The van der Waals surface area contributed by atoms with Crippen molar-refractivity contribution in [2.24, 2.45) is 5.73 Å². The Labute approximate surface area is 218 Å². The van der Waals surface area contributed by atoms with Crippen molar-refractivity contribution in [2.75, 3.05) is 12.4 Å². The third-order valence-electron chi connectivity index (χ3n) is 5.35. The molecule has 2 aromatic rings. The molecule has 12 nitrogen and oxygen atoms in total. The second-order valence-electron chi connectivity index (χ2n) is 8.23. The molecule has 2 aromatic carbocycles. The van der Waals surface area contributed by atoms with Gasteiger partial charge in [-0.1, -0.05) is 24.3 Å². The lowest BCUT2D eigenvalue weighted by Crippen LogP contribution is -2.58. The maximum atomic E-state index is 13.2. The number of hydrogen-bond donors (Lipinski definition) is 9. The molecule has 37 heavy (non-hydrogen) atoms. The maximum absolute atomic E-state index is 13.2. The van der Waals surface area contributed by atoms with Crippen LogP contribution >= 0.6 is 12.6 Å². The number of carbonyl (C=O) groups is 4. The van der Waals surface area contributed by atoms with E-state index >= 15 is 0 Å². The van der Waals surface area contributed by atoms with Gasteiger partial charge in [0.05, 0.1) is 6.61 Å². The van der Waals surface area contributed by atoms with Crippen LogP contribution in [0.5, 0.6) is 11.5 Å². The molecule has 4 atom stereocenters. The minimum absolute atomic E-state index is 0.00196. The maximum Gasteiger partial charge on any atom is 0.326 e. The number of aromatic hydroxyl groups is 2. The smallest absolute Gasteiger partial charge is 0.326 e. The number of carbonyl (C=O) groups excluding carboxylic acids is 3. The standard InChI is InChI=1S/C24H30N4O8S/c25-17(11-29)21(32)28-20(12-37)23(34)26-18(9-13-1-5-15(30)6-2-13)22(33)27-19(24(35)36)10-14-3-7-16(31)8-4-14/h1-8,17-20,29-31,37H,9-12,25H2,(H,26,34)(H,27,33)(H,28,32)(H,35,36). The van der Waals surface area contributed by atoms with Crippen molar-refractivity contribution in [3.8, 4) is 11.5 Å². The summed E-state index contributed by atoms with van der Waals surface area (Å²) in [6.07, 6.45) is -0.150. The first-order valence-electron chi connectivity index (χ1n) is 11.2. The number of carboxylic acid groups (broad SMARTS) is 1. The van der Waals surface area contributed by atoms with Gasteiger partial charge >= 0.3 is 5.97 Å². The van der Waals surface area contributed by atoms with Gasteiger partial charge in [0, 0.05) is 18.6 Å². The zero-order chi connectivity index (χ0) is 27.5. The Hall–Kier alpha value is -3.81. The van der Waals surface area contributed by atoms with Gasteiger partial charge in [-0.25, -0.2) is 4.79 Å². The monoisotopic (exact) mass is 534 g/mol. The first-order valence-corrected chi connectivity index (χ1v) is 11.8. The summed E-state index contributed by atoms with van der Waals surface area (Å²) in [7, 11) is 0. The summed E-state index contributed by atoms with van der Waals surface area (Å²) in [4.78, 5) is 49.9. The number of aliphatic carboxylic acids is 1. The number of amides is 3. The van der Waals surface area contributed by atoms with E-state index in [4.69, 9.17) is 10.8 Å². The average Bonchev–Trinajstić information content (AvgIpc) is 2.87. The average molecular weight is 535 g/mol. The van der Waals surface area contributed by atoms with Gasteiger partial charge in [-0.05, 0) is 35.4 Å². The molecule has 0 spiro atoms. The van der Waals surface area contributed by atoms with Gasteiger partial charge in [0.2, 0.25) is 17.7 Å². The number of phenolic OH excluding ortho intramolecular Hbond substituents is 2. The van der Waals surface area contributed by atoms with Crippen molar-refractivity contribution in [1.82, 2.24) is 16.0 Å². The topological polar surface area (TPSA) is 211 Å². The molecule has 3 amide bonds. The second kappa shape index (κ2) is 14.1. The number of carboxylic acids is 1. The number of nitrogens with two attached hydrogens (primary N) is 1. The minimum Gasteiger partial charge on any atom is -0.508 e. The number of aliphatic hydroxyl groups is 1. The summed E-state index contributed by atoms with van der Waals surface area (Å²) < 4.78 is 0. The summed E-state index contributed by atoms with van der Waals surface area (Å²) >= 11 is 4.05. The Bertz CT molecular complexity index is 1080. The van der Waals surface area contributed by atoms with E-state index in [0.717, 1.165) is 0 Å². The molecule has 0 fully saturated rings. The van der Waals surface area contributed by atoms with E-state index in [9.17, 15) is 34.5 Å². The molecule has 0 heterocycles. The third kappa shape index (κ3) is 9.29. The first-order chi connectivity index (χ1) is 17.5. The van der Waals surface area contributed by atoms with E-state index in [-0.39, 0.29) is 30.1 Å². The predicted octanol–water partition coefficient (Wildman–Crippen LogP) is -1.33. The van der Waals surface area contributed by atoms with Crippen LogP contribution in [-0.2, 0) is 32.0 Å². The van der Waals surface area contributed by atoms with Gasteiger partial charge in [0.15, 0.2) is 0 Å². The van der Waals surface area contributed by atoms with Crippen molar-refractivity contribution < 1.29 is 39.6 Å². The summed E-state index contributed by atoms with van der Waals surface area (Å²) in [6.45, 7) is -0.643. The fraction of sp³-hybridized carbons (Fsp3) is 0.333. The van der Waals surface area contributed by atoms with Crippen LogP contribution in [0.25, 0.3) is 0 Å². The summed E-state index contributed by atoms with van der Waals surface area (Å²) in [5.41, 5.74) is 6.56. The van der Waals surface area contributed by atoms with E-state index in [2.05, 4.69) is 28.6 Å². The molecule has 13 heteroatoms. The molecule has 0 saturated carbocycles. The lowest BCUT2D eigenvalue weighted by molar-refractivity contribution is -0.142. The normalized spacial score (nSPS) is 14.0. The fourth-order valence-corrected chi connectivity index (χ4v) is 3.50. The van der Waals surface area contributed by atoms with Gasteiger partial charge in [-0.2, -0.15) is 12.6 Å². The number of phenols is 2. The van der Waals surface area contributed by atoms with Gasteiger partial charge in [0.1, 0.15) is 35.7 Å². The molecular weight excluding hydrogens is 504 g/mol. The number of thiol groups is 1. The number of aliphatic hydroxyl groups excluding tert-OH is 1. The molecular formula is C24H30N4O8S. The van der Waals surface area contributed by atoms with E-state index in [0.29, 0.717) is 11.1 Å². The Morgan fingerprint density at radius 1 is 0.730 bits per heavy atom. The van der Waals surface area contributed by atoms with E-state index in [1.54, 1.807) is 0 Å². The molecule has 0 saturated heterocycles. The van der Waals surface area contributed by atoms with E-state index in [1.807, 2.05) is 0 Å². The highest BCUT2D eigenvalue weighted by Crippen LogP contribution is 2.14. The molecule has 0 bridgehead atoms. The van der Waals surface area contributed by atoms with Crippen molar-refractivity contribution in [3.63, 3.8) is 0 Å². The predicted molar refractivity (Wildman–Crippen MR) is 136 cm³/mol. The van der Waals surface area contributed by atoms with Crippen LogP contribution in [0.3, 0.4) is 0 Å². The van der Waals surface area contributed by atoms with Crippen LogP contribution in [0.4, 0.5) is 0 Å². The van der Waals surface area contributed by atoms with Crippen molar-refractivity contribution in [1.29, 1.82) is 0 Å². The number of benzene rings is 2. The van der Waals surface area contributed by atoms with Crippen LogP contribution in [0.1, 0.15) is 11.1 Å². The van der Waals surface area contributed by atoms with E-state index in [1.165, 1.54) is 48.5 Å². The summed E-state index contributed by atoms with van der Waals surface area (Å²) in [6, 6.07) is 6.59. The highest BCUT2D eigenvalue weighted by atomic mass is 32.1. The third-order valence-corrected chi connectivity index (χ3v) is 5.71. The van der Waals surface area contributed by atoms with Gasteiger partial charge in [0.25, 0.3) is 0 Å². The van der Waals surface area contributed by atoms with Crippen LogP contribution in [0.15, 0.2) is 48.5 Å². The van der Waals surface area contributed by atoms with Crippen molar-refractivity contribution in [2.45, 2.75) is 37.0 Å². The highest BCUT2D eigenvalue weighted by Gasteiger charge is 2.30. The Morgan fingerprint density at radius 2 is 1.14 bits per heavy atom. The zero-order valence-electron chi connectivity index (χ0n) is 19.7. The highest BCUT2D eigenvalue weighted by molar-refractivity contribution is 7.80. The second-order valence-corrected chi connectivity index (χ2v) is 8.60. The van der Waals surface area contributed by atoms with Crippen LogP contribution in [0, 0.1) is 0 Å². The lowest BCUT2D eigenvalue weighted by atomic mass is 10.0. The summed E-state index contributed by atoms with van der Waals surface area (Å²) in [5, 5.41) is 44.9. The molecule has 0 aliphatic rings. The minimum atomic E-state index is -1.35. The molecule has 0 aliphatic carbocycles. The molecule has 200 valence electrons. The van der Waals surface area contributed by atoms with Crippen LogP contribution in [0.2, 0.25) is 0 Å². The Kier molecular flexibility index (Phi) is 11.2. The molecule has 2 rings (SSSR count). The zero-order valence-corrected chi connectivity index (χ0v) is 20.6. The molecule has 4 unspecified atom stereocenters. The fourth-order valence-electron chi connectivity index (χ4n) is 3.25. The number of nitrogens with one attached hydrogen (secondary N) is 3. The Morgan fingerprint density at radius 3 is 1.57 bits per heavy atom. The molecule has 0 aromatic heterocycles. The number of rotatable bonds is 13. The van der Waals surface area contributed by atoms with E-state index < -0.39 is 54.5 Å². The molecule has 9 N–H and O–H groups in total. The van der Waals surface area contributed by atoms with Gasteiger partial charge in [-0.15, -0.1) is 0 Å². The first kappa shape index (κ1) is 29.4. The van der Waals surface area contributed by atoms with Crippen LogP contribution in [-0.4, -0.2) is 80.6 Å². The van der Waals surface area contributed by atoms with Gasteiger partial charge < -0.3 is 42.1 Å².